The maximum absolute atomic E-state index is 13.1. The number of carbonyl (C=O) groups is 3. The molecule has 0 bridgehead atoms. The van der Waals surface area contributed by atoms with Crippen LogP contribution >= 0.6 is 0 Å². The maximum atomic E-state index is 13.1. The largest absolute Gasteiger partial charge is 0.507 e. The lowest BCUT2D eigenvalue weighted by atomic mass is 9.85. The second kappa shape index (κ2) is 9.47. The number of fused-ring (bicyclic) bond motifs is 1. The molecule has 1 aliphatic carbocycles. The summed E-state index contributed by atoms with van der Waals surface area (Å²) in [7, 11) is 0. The Morgan fingerprint density at radius 3 is 2.25 bits per heavy atom. The normalized spacial score (nSPS) is 14.0. The molecule has 0 saturated carbocycles. The first-order chi connectivity index (χ1) is 15.2. The molecule has 164 valence electrons. The quantitative estimate of drug-likeness (QED) is 0.297. The Bertz CT molecular complexity index is 1160. The van der Waals surface area contributed by atoms with Crippen LogP contribution in [0.4, 0.5) is 0 Å². The summed E-state index contributed by atoms with van der Waals surface area (Å²) < 4.78 is 5.53. The molecule has 3 rings (SSSR count). The number of hydrogen-bond donors (Lipinski definition) is 2. The third-order valence-corrected chi connectivity index (χ3v) is 5.02. The molecule has 0 saturated heterocycles. The van der Waals surface area contributed by atoms with E-state index in [1.807, 2.05) is 45.0 Å². The van der Waals surface area contributed by atoms with Crippen molar-refractivity contribution in [3.8, 4) is 11.5 Å². The number of aryl methyl sites for hydroxylation is 1. The van der Waals surface area contributed by atoms with E-state index in [1.54, 1.807) is 12.2 Å². The average Bonchev–Trinajstić information content (AvgIpc) is 2.75. The topological polar surface area (TPSA) is 101 Å². The predicted molar refractivity (Wildman–Crippen MR) is 121 cm³/mol. The van der Waals surface area contributed by atoms with Crippen LogP contribution in [-0.2, 0) is 9.53 Å². The molecule has 32 heavy (non-hydrogen) atoms. The zero-order valence-corrected chi connectivity index (χ0v) is 18.1. The molecule has 0 spiro atoms. The Morgan fingerprint density at radius 1 is 1.00 bits per heavy atom. The fourth-order valence-electron chi connectivity index (χ4n) is 3.33. The van der Waals surface area contributed by atoms with Gasteiger partial charge in [0.1, 0.15) is 17.6 Å². The summed E-state index contributed by atoms with van der Waals surface area (Å²) in [4.78, 5) is 38.2. The third-order valence-electron chi connectivity index (χ3n) is 5.02. The highest BCUT2D eigenvalue weighted by molar-refractivity contribution is 6.27. The Hall–Kier alpha value is -3.93. The molecule has 0 fully saturated rings. The first-order valence-corrected chi connectivity index (χ1v) is 10.1. The number of ketones is 2. The summed E-state index contributed by atoms with van der Waals surface area (Å²) >= 11 is 0. The van der Waals surface area contributed by atoms with Gasteiger partial charge in [-0.3, -0.25) is 9.59 Å². The minimum atomic E-state index is -1.04. The molecule has 0 heterocycles. The van der Waals surface area contributed by atoms with Crippen molar-refractivity contribution in [3.63, 3.8) is 0 Å². The summed E-state index contributed by atoms with van der Waals surface area (Å²) in [5, 5.41) is 20.1. The Kier molecular flexibility index (Phi) is 6.73. The number of aromatic hydroxyl groups is 2. The first-order valence-electron chi connectivity index (χ1n) is 10.1. The third kappa shape index (κ3) is 5.03. The average molecular weight is 432 g/mol. The van der Waals surface area contributed by atoms with Gasteiger partial charge in [0.05, 0.1) is 11.1 Å². The lowest BCUT2D eigenvalue weighted by molar-refractivity contribution is -0.140. The molecule has 0 aromatic heterocycles. The molecule has 0 amide bonds. The number of rotatable bonds is 6. The van der Waals surface area contributed by atoms with Crippen LogP contribution in [0.1, 0.15) is 52.1 Å². The van der Waals surface area contributed by atoms with E-state index in [0.717, 1.165) is 34.9 Å². The van der Waals surface area contributed by atoms with E-state index in [-0.39, 0.29) is 23.1 Å². The lowest BCUT2D eigenvalue weighted by Crippen LogP contribution is -2.28. The highest BCUT2D eigenvalue weighted by atomic mass is 16.5. The second-order valence-electron chi connectivity index (χ2n) is 7.83. The monoisotopic (exact) mass is 432 g/mol. The minimum absolute atomic E-state index is 0.0574. The van der Waals surface area contributed by atoms with Crippen LogP contribution < -0.4 is 0 Å². The summed E-state index contributed by atoms with van der Waals surface area (Å²) in [6, 6.07) is 9.84. The molecule has 6 nitrogen and oxygen atoms in total. The van der Waals surface area contributed by atoms with Gasteiger partial charge in [-0.05, 0) is 50.6 Å². The molecule has 1 atom stereocenters. The van der Waals surface area contributed by atoms with E-state index in [4.69, 9.17) is 4.74 Å². The molecule has 0 radical (unpaired) electrons. The van der Waals surface area contributed by atoms with Crippen LogP contribution in [0.5, 0.6) is 11.5 Å². The van der Waals surface area contributed by atoms with E-state index in [1.165, 1.54) is 6.08 Å². The standard InChI is InChI=1S/C26H24O6/c1-15(2)4-12-22(32-23(30)13-9-17-7-5-16(3)6-8-17)18-14-21(29)24-19(27)10-11-20(28)25(24)26(18)31/h4-11,13-14,22,27-28H,12H2,1-3H3/b13-9+/t22-/m1/s1. The highest BCUT2D eigenvalue weighted by Crippen LogP contribution is 2.36. The number of phenolic OH excluding ortho intramolecular Hbond substituents is 2. The molecule has 2 aromatic rings. The molecule has 1 aliphatic rings. The Morgan fingerprint density at radius 2 is 1.62 bits per heavy atom. The Labute approximate surface area is 186 Å². The number of carbonyl (C=O) groups excluding carboxylic acids is 3. The van der Waals surface area contributed by atoms with Crippen LogP contribution in [0.15, 0.2) is 65.8 Å². The number of allylic oxidation sites excluding steroid dienone is 2. The van der Waals surface area contributed by atoms with Gasteiger partial charge in [0.25, 0.3) is 0 Å². The van der Waals surface area contributed by atoms with Crippen LogP contribution in [-0.4, -0.2) is 33.9 Å². The van der Waals surface area contributed by atoms with Crippen LogP contribution in [0, 0.1) is 6.92 Å². The summed E-state index contributed by atoms with van der Waals surface area (Å²) in [6.45, 7) is 5.68. The van der Waals surface area contributed by atoms with Crippen molar-refractivity contribution < 1.29 is 29.3 Å². The lowest BCUT2D eigenvalue weighted by Gasteiger charge is -2.23. The van der Waals surface area contributed by atoms with E-state index >= 15 is 0 Å². The number of ether oxygens (including phenoxy) is 1. The summed E-state index contributed by atoms with van der Waals surface area (Å²) in [6.07, 6.45) is 4.84. The van der Waals surface area contributed by atoms with Gasteiger partial charge in [-0.15, -0.1) is 0 Å². The first kappa shape index (κ1) is 22.7. The molecule has 2 aromatic carbocycles. The van der Waals surface area contributed by atoms with Gasteiger partial charge in [-0.25, -0.2) is 4.79 Å². The summed E-state index contributed by atoms with van der Waals surface area (Å²) in [5.74, 6) is -2.81. The van der Waals surface area contributed by atoms with E-state index < -0.39 is 35.1 Å². The second-order valence-corrected chi connectivity index (χ2v) is 7.83. The number of Topliss-reactive ketones (excluding diaryl/α,β-unsaturated/α-hetero) is 1. The van der Waals surface area contributed by atoms with Crippen molar-refractivity contribution in [1.29, 1.82) is 0 Å². The number of benzene rings is 2. The van der Waals surface area contributed by atoms with E-state index in [0.29, 0.717) is 0 Å². The van der Waals surface area contributed by atoms with Crippen LogP contribution in [0.3, 0.4) is 0 Å². The van der Waals surface area contributed by atoms with Gasteiger partial charge in [0.2, 0.25) is 0 Å². The van der Waals surface area contributed by atoms with Gasteiger partial charge in [-0.1, -0.05) is 41.5 Å². The van der Waals surface area contributed by atoms with Gasteiger partial charge in [0.15, 0.2) is 11.6 Å². The SMILES string of the molecule is CC(C)=CC[C@@H](OC(=O)/C=C/c1ccc(C)cc1)C1=CC(=O)c2c(O)ccc(O)c2C1=O. The van der Waals surface area contributed by atoms with E-state index in [9.17, 15) is 24.6 Å². The molecular formula is C26H24O6. The molecule has 2 N–H and O–H groups in total. The van der Waals surface area contributed by atoms with Gasteiger partial charge in [0, 0.05) is 18.1 Å². The predicted octanol–water partition coefficient (Wildman–Crippen LogP) is 4.69. The highest BCUT2D eigenvalue weighted by Gasteiger charge is 2.35. The van der Waals surface area contributed by atoms with Crippen molar-refractivity contribution in [1.82, 2.24) is 0 Å². The molecular weight excluding hydrogens is 408 g/mol. The smallest absolute Gasteiger partial charge is 0.331 e. The maximum Gasteiger partial charge on any atom is 0.331 e. The van der Waals surface area contributed by atoms with Gasteiger partial charge >= 0.3 is 5.97 Å². The van der Waals surface area contributed by atoms with Crippen molar-refractivity contribution in [2.24, 2.45) is 0 Å². The van der Waals surface area contributed by atoms with Crippen molar-refractivity contribution in [3.05, 3.63) is 88.0 Å². The fourth-order valence-corrected chi connectivity index (χ4v) is 3.33. The van der Waals surface area contributed by atoms with Gasteiger partial charge < -0.3 is 14.9 Å². The Balaban J connectivity index is 1.90. The number of esters is 1. The zero-order valence-electron chi connectivity index (χ0n) is 18.1. The van der Waals surface area contributed by atoms with Gasteiger partial charge in [-0.2, -0.15) is 0 Å². The van der Waals surface area contributed by atoms with Crippen LogP contribution in [0.25, 0.3) is 6.08 Å². The zero-order chi connectivity index (χ0) is 23.4. The van der Waals surface area contributed by atoms with E-state index in [2.05, 4.69) is 0 Å². The molecule has 6 heteroatoms. The minimum Gasteiger partial charge on any atom is -0.507 e. The molecule has 0 aliphatic heterocycles. The fraction of sp³-hybridized carbons (Fsp3) is 0.192. The van der Waals surface area contributed by atoms with Crippen molar-refractivity contribution >= 4 is 23.6 Å². The van der Waals surface area contributed by atoms with Crippen molar-refractivity contribution in [2.45, 2.75) is 33.3 Å². The number of hydrogen-bond acceptors (Lipinski definition) is 6. The van der Waals surface area contributed by atoms with Crippen molar-refractivity contribution in [2.75, 3.05) is 0 Å². The number of phenols is 2. The van der Waals surface area contributed by atoms with Crippen LogP contribution in [0.2, 0.25) is 0 Å². The molecule has 0 unspecified atom stereocenters. The summed E-state index contributed by atoms with van der Waals surface area (Å²) in [5.41, 5.74) is 2.24.